The second-order valence-corrected chi connectivity index (χ2v) is 5.10. The van der Waals surface area contributed by atoms with Crippen molar-refractivity contribution in [2.75, 3.05) is 0 Å². The van der Waals surface area contributed by atoms with Crippen LogP contribution in [0.5, 0.6) is 0 Å². The lowest BCUT2D eigenvalue weighted by Crippen LogP contribution is -2.41. The van der Waals surface area contributed by atoms with Gasteiger partial charge in [-0.1, -0.05) is 0 Å². The molecule has 2 nitrogen and oxygen atoms in total. The molecule has 1 aromatic heterocycles. The minimum absolute atomic E-state index is 0.0798. The van der Waals surface area contributed by atoms with E-state index < -0.39 is 0 Å². The Balaban J connectivity index is 2.70. The van der Waals surface area contributed by atoms with Crippen LogP contribution >= 0.6 is 11.3 Å². The number of carbonyl (C=O) groups is 1. The minimum Gasteiger partial charge on any atom is -0.334 e. The van der Waals surface area contributed by atoms with Crippen molar-refractivity contribution in [3.63, 3.8) is 0 Å². The lowest BCUT2D eigenvalue weighted by molar-refractivity contribution is -0.129. The van der Waals surface area contributed by atoms with E-state index in [2.05, 4.69) is 0 Å². The fourth-order valence-electron chi connectivity index (χ4n) is 1.73. The monoisotopic (exact) mass is 237 g/mol. The van der Waals surface area contributed by atoms with Gasteiger partial charge in [-0.05, 0) is 56.2 Å². The number of hydrogen-bond acceptors (Lipinski definition) is 2. The maximum atomic E-state index is 12.0. The molecule has 0 unspecified atom stereocenters. The van der Waals surface area contributed by atoms with Gasteiger partial charge in [0.25, 0.3) is 0 Å². The first-order chi connectivity index (χ1) is 7.52. The Bertz CT molecular complexity index is 344. The van der Waals surface area contributed by atoms with Crippen molar-refractivity contribution in [3.05, 3.63) is 28.5 Å². The summed E-state index contributed by atoms with van der Waals surface area (Å²) in [5.41, 5.74) is 1.09. The van der Waals surface area contributed by atoms with Crippen LogP contribution in [0.2, 0.25) is 0 Å². The molecule has 1 amide bonds. The molecule has 0 aliphatic heterocycles. The summed E-state index contributed by atoms with van der Waals surface area (Å²) >= 11 is 1.64. The maximum Gasteiger partial charge on any atom is 0.247 e. The van der Waals surface area contributed by atoms with Gasteiger partial charge in [-0.3, -0.25) is 4.79 Å². The first kappa shape index (κ1) is 13.0. The van der Waals surface area contributed by atoms with Crippen LogP contribution in [0, 0.1) is 0 Å². The van der Waals surface area contributed by atoms with Gasteiger partial charge in [0, 0.05) is 18.2 Å². The van der Waals surface area contributed by atoms with E-state index in [4.69, 9.17) is 0 Å². The lowest BCUT2D eigenvalue weighted by atomic mass is 10.2. The van der Waals surface area contributed by atoms with Gasteiger partial charge in [0.2, 0.25) is 5.91 Å². The van der Waals surface area contributed by atoms with Crippen LogP contribution in [0.4, 0.5) is 0 Å². The quantitative estimate of drug-likeness (QED) is 0.735. The molecular weight excluding hydrogens is 218 g/mol. The SMILES string of the molecule is CC(C)N(C(=O)C=Cc1ccsc1)C(C)C. The van der Waals surface area contributed by atoms with Crippen LogP contribution in [0.25, 0.3) is 6.08 Å². The molecule has 0 atom stereocenters. The summed E-state index contributed by atoms with van der Waals surface area (Å²) in [5.74, 6) is 0.0798. The van der Waals surface area contributed by atoms with Crippen molar-refractivity contribution < 1.29 is 4.79 Å². The molecule has 0 saturated heterocycles. The molecule has 0 spiro atoms. The van der Waals surface area contributed by atoms with E-state index >= 15 is 0 Å². The largest absolute Gasteiger partial charge is 0.334 e. The van der Waals surface area contributed by atoms with Crippen molar-refractivity contribution in [3.8, 4) is 0 Å². The molecule has 0 N–H and O–H groups in total. The summed E-state index contributed by atoms with van der Waals surface area (Å²) in [6.07, 6.45) is 3.53. The van der Waals surface area contributed by atoms with E-state index in [1.165, 1.54) is 0 Å². The van der Waals surface area contributed by atoms with Gasteiger partial charge in [0.1, 0.15) is 0 Å². The number of amides is 1. The Morgan fingerprint density at radius 2 is 1.94 bits per heavy atom. The molecule has 1 aromatic rings. The summed E-state index contributed by atoms with van der Waals surface area (Å²) in [6.45, 7) is 8.15. The summed E-state index contributed by atoms with van der Waals surface area (Å²) < 4.78 is 0. The van der Waals surface area contributed by atoms with Crippen molar-refractivity contribution in [1.82, 2.24) is 4.90 Å². The van der Waals surface area contributed by atoms with Crippen LogP contribution in [-0.4, -0.2) is 22.9 Å². The molecule has 0 aliphatic carbocycles. The molecule has 0 radical (unpaired) electrons. The highest BCUT2D eigenvalue weighted by Crippen LogP contribution is 2.10. The van der Waals surface area contributed by atoms with E-state index in [-0.39, 0.29) is 18.0 Å². The summed E-state index contributed by atoms with van der Waals surface area (Å²) in [7, 11) is 0. The summed E-state index contributed by atoms with van der Waals surface area (Å²) in [5, 5.41) is 4.03. The van der Waals surface area contributed by atoms with E-state index in [1.807, 2.05) is 55.5 Å². The zero-order valence-electron chi connectivity index (χ0n) is 10.3. The number of hydrogen-bond donors (Lipinski definition) is 0. The number of rotatable bonds is 4. The average molecular weight is 237 g/mol. The third kappa shape index (κ3) is 3.49. The molecular formula is C13H19NOS. The Morgan fingerprint density at radius 1 is 1.31 bits per heavy atom. The van der Waals surface area contributed by atoms with Crippen LogP contribution < -0.4 is 0 Å². The molecule has 0 fully saturated rings. The molecule has 1 heterocycles. The first-order valence-electron chi connectivity index (χ1n) is 5.55. The Kier molecular flexibility index (Phi) is 4.74. The third-order valence-corrected chi connectivity index (χ3v) is 3.03. The highest BCUT2D eigenvalue weighted by atomic mass is 32.1. The predicted octanol–water partition coefficient (Wildman–Crippen LogP) is 3.41. The third-order valence-electron chi connectivity index (χ3n) is 2.33. The smallest absolute Gasteiger partial charge is 0.247 e. The van der Waals surface area contributed by atoms with E-state index in [9.17, 15) is 4.79 Å². The second-order valence-electron chi connectivity index (χ2n) is 4.32. The van der Waals surface area contributed by atoms with E-state index in [0.29, 0.717) is 0 Å². The van der Waals surface area contributed by atoms with Crippen molar-refractivity contribution in [1.29, 1.82) is 0 Å². The zero-order chi connectivity index (χ0) is 12.1. The standard InChI is InChI=1S/C13H19NOS/c1-10(2)14(11(3)4)13(15)6-5-12-7-8-16-9-12/h5-11H,1-4H3. The summed E-state index contributed by atoms with van der Waals surface area (Å²) in [4.78, 5) is 13.8. The Morgan fingerprint density at radius 3 is 2.38 bits per heavy atom. The molecule has 0 aliphatic rings. The molecule has 88 valence electrons. The molecule has 0 saturated carbocycles. The van der Waals surface area contributed by atoms with Gasteiger partial charge in [0.15, 0.2) is 0 Å². The fourth-order valence-corrected chi connectivity index (χ4v) is 2.36. The predicted molar refractivity (Wildman–Crippen MR) is 70.5 cm³/mol. The molecule has 3 heteroatoms. The maximum absolute atomic E-state index is 12.0. The molecule has 0 bridgehead atoms. The topological polar surface area (TPSA) is 20.3 Å². The normalized spacial score (nSPS) is 11.6. The van der Waals surface area contributed by atoms with Crippen molar-refractivity contribution in [2.24, 2.45) is 0 Å². The van der Waals surface area contributed by atoms with Crippen molar-refractivity contribution >= 4 is 23.3 Å². The van der Waals surface area contributed by atoms with Gasteiger partial charge >= 0.3 is 0 Å². The van der Waals surface area contributed by atoms with E-state index in [1.54, 1.807) is 17.4 Å². The van der Waals surface area contributed by atoms with Crippen LogP contribution in [-0.2, 0) is 4.79 Å². The van der Waals surface area contributed by atoms with Crippen LogP contribution in [0.15, 0.2) is 22.9 Å². The van der Waals surface area contributed by atoms with Gasteiger partial charge in [-0.2, -0.15) is 11.3 Å². The number of carbonyl (C=O) groups excluding carboxylic acids is 1. The lowest BCUT2D eigenvalue weighted by Gasteiger charge is -2.29. The fraction of sp³-hybridized carbons (Fsp3) is 0.462. The Labute approximate surface area is 102 Å². The Hall–Kier alpha value is -1.09. The van der Waals surface area contributed by atoms with Gasteiger partial charge in [0.05, 0.1) is 0 Å². The first-order valence-corrected chi connectivity index (χ1v) is 6.49. The summed E-state index contributed by atoms with van der Waals surface area (Å²) in [6, 6.07) is 2.48. The molecule has 16 heavy (non-hydrogen) atoms. The zero-order valence-corrected chi connectivity index (χ0v) is 11.1. The second kappa shape index (κ2) is 5.85. The van der Waals surface area contributed by atoms with E-state index in [0.717, 1.165) is 5.56 Å². The highest BCUT2D eigenvalue weighted by Gasteiger charge is 2.17. The highest BCUT2D eigenvalue weighted by molar-refractivity contribution is 7.08. The van der Waals surface area contributed by atoms with Crippen LogP contribution in [0.3, 0.4) is 0 Å². The number of thiophene rings is 1. The van der Waals surface area contributed by atoms with Gasteiger partial charge in [-0.25, -0.2) is 0 Å². The number of nitrogens with zero attached hydrogens (tertiary/aromatic N) is 1. The van der Waals surface area contributed by atoms with Gasteiger partial charge < -0.3 is 4.90 Å². The molecule has 1 rings (SSSR count). The minimum atomic E-state index is 0.0798. The van der Waals surface area contributed by atoms with Crippen molar-refractivity contribution in [2.45, 2.75) is 39.8 Å². The van der Waals surface area contributed by atoms with Gasteiger partial charge in [-0.15, -0.1) is 0 Å². The van der Waals surface area contributed by atoms with Crippen LogP contribution in [0.1, 0.15) is 33.3 Å². The average Bonchev–Trinajstić information content (AvgIpc) is 2.65. The molecule has 0 aromatic carbocycles.